The molecule has 1 aliphatic rings. The summed E-state index contributed by atoms with van der Waals surface area (Å²) in [5.41, 5.74) is 0.566. The number of carbonyl (C=O) groups excluding carboxylic acids is 1. The molecular weight excluding hydrogens is 288 g/mol. The molecule has 1 aromatic carbocycles. The van der Waals surface area contributed by atoms with E-state index < -0.39 is 0 Å². The highest BCUT2D eigenvalue weighted by Gasteiger charge is 2.24. The van der Waals surface area contributed by atoms with Gasteiger partial charge in [-0.2, -0.15) is 0 Å². The molecular formula is C16H23ClN2O2. The molecule has 0 aromatic heterocycles. The van der Waals surface area contributed by atoms with Crippen molar-refractivity contribution in [2.45, 2.75) is 18.9 Å². The van der Waals surface area contributed by atoms with E-state index in [1.165, 1.54) is 0 Å². The van der Waals surface area contributed by atoms with Gasteiger partial charge in [-0.05, 0) is 39.1 Å². The van der Waals surface area contributed by atoms with Crippen LogP contribution in [0.1, 0.15) is 23.2 Å². The first kappa shape index (κ1) is 16.3. The van der Waals surface area contributed by atoms with Gasteiger partial charge in [-0.15, -0.1) is 0 Å². The van der Waals surface area contributed by atoms with E-state index in [1.54, 1.807) is 12.1 Å². The summed E-state index contributed by atoms with van der Waals surface area (Å²) in [6.07, 6.45) is 2.25. The van der Waals surface area contributed by atoms with Gasteiger partial charge in [0, 0.05) is 26.2 Å². The van der Waals surface area contributed by atoms with Crippen molar-refractivity contribution in [1.82, 2.24) is 9.80 Å². The van der Waals surface area contributed by atoms with E-state index in [4.69, 9.17) is 16.3 Å². The van der Waals surface area contributed by atoms with E-state index in [9.17, 15) is 4.79 Å². The van der Waals surface area contributed by atoms with Crippen molar-refractivity contribution in [1.29, 1.82) is 0 Å². The quantitative estimate of drug-likeness (QED) is 0.809. The van der Waals surface area contributed by atoms with Gasteiger partial charge >= 0.3 is 0 Å². The molecule has 1 amide bonds. The monoisotopic (exact) mass is 310 g/mol. The van der Waals surface area contributed by atoms with E-state index in [0.717, 1.165) is 26.0 Å². The molecule has 1 aromatic rings. The highest BCUT2D eigenvalue weighted by molar-refractivity contribution is 6.33. The number of amides is 1. The van der Waals surface area contributed by atoms with Gasteiger partial charge in [-0.25, -0.2) is 0 Å². The summed E-state index contributed by atoms with van der Waals surface area (Å²) in [7, 11) is 4.01. The van der Waals surface area contributed by atoms with Crippen molar-refractivity contribution >= 4 is 17.5 Å². The maximum absolute atomic E-state index is 12.7. The zero-order chi connectivity index (χ0) is 15.2. The highest BCUT2D eigenvalue weighted by Crippen LogP contribution is 2.19. The number of hydrogen-bond acceptors (Lipinski definition) is 3. The number of ether oxygens (including phenoxy) is 1. The standard InChI is InChI=1S/C16H23ClN2O2/c1-18(2)9-10-19(12-13-6-5-11-21-13)16(20)14-7-3-4-8-15(14)17/h3-4,7-8,13H,5-6,9-12H2,1-2H3. The number of rotatable bonds is 6. The summed E-state index contributed by atoms with van der Waals surface area (Å²) in [5, 5.41) is 0.504. The third-order valence-electron chi connectivity index (χ3n) is 3.66. The van der Waals surface area contributed by atoms with Gasteiger partial charge in [-0.3, -0.25) is 4.79 Å². The zero-order valence-electron chi connectivity index (χ0n) is 12.7. The van der Waals surface area contributed by atoms with Gasteiger partial charge in [0.1, 0.15) is 0 Å². The fourth-order valence-electron chi connectivity index (χ4n) is 2.44. The average molecular weight is 311 g/mol. The third-order valence-corrected chi connectivity index (χ3v) is 3.99. The molecule has 4 nitrogen and oxygen atoms in total. The second-order valence-corrected chi connectivity index (χ2v) is 6.08. The van der Waals surface area contributed by atoms with Gasteiger partial charge < -0.3 is 14.5 Å². The van der Waals surface area contributed by atoms with Crippen molar-refractivity contribution in [2.75, 3.05) is 40.3 Å². The molecule has 0 spiro atoms. The van der Waals surface area contributed by atoms with Crippen LogP contribution in [0.15, 0.2) is 24.3 Å². The lowest BCUT2D eigenvalue weighted by Crippen LogP contribution is -2.41. The van der Waals surface area contributed by atoms with Gasteiger partial charge in [0.25, 0.3) is 5.91 Å². The minimum Gasteiger partial charge on any atom is -0.376 e. The smallest absolute Gasteiger partial charge is 0.255 e. The Kier molecular flexibility index (Phi) is 6.03. The zero-order valence-corrected chi connectivity index (χ0v) is 13.5. The molecule has 0 radical (unpaired) electrons. The summed E-state index contributed by atoms with van der Waals surface area (Å²) in [4.78, 5) is 16.7. The Morgan fingerprint density at radius 2 is 2.10 bits per heavy atom. The molecule has 1 unspecified atom stereocenters. The van der Waals surface area contributed by atoms with Crippen LogP contribution in [0.5, 0.6) is 0 Å². The van der Waals surface area contributed by atoms with Crippen LogP contribution >= 0.6 is 11.6 Å². The lowest BCUT2D eigenvalue weighted by atomic mass is 10.1. The lowest BCUT2D eigenvalue weighted by Gasteiger charge is -2.27. The molecule has 1 fully saturated rings. The number of benzene rings is 1. The molecule has 21 heavy (non-hydrogen) atoms. The average Bonchev–Trinajstić information content (AvgIpc) is 2.96. The first-order valence-electron chi connectivity index (χ1n) is 7.38. The van der Waals surface area contributed by atoms with E-state index >= 15 is 0 Å². The van der Waals surface area contributed by atoms with Gasteiger partial charge in [0.15, 0.2) is 0 Å². The Bertz CT molecular complexity index is 473. The van der Waals surface area contributed by atoms with Crippen molar-refractivity contribution in [2.24, 2.45) is 0 Å². The predicted octanol–water partition coefficient (Wildman–Crippen LogP) is 2.52. The summed E-state index contributed by atoms with van der Waals surface area (Å²) < 4.78 is 5.67. The van der Waals surface area contributed by atoms with Gasteiger partial charge in [0.2, 0.25) is 0 Å². The number of nitrogens with zero attached hydrogens (tertiary/aromatic N) is 2. The predicted molar refractivity (Wildman–Crippen MR) is 84.9 cm³/mol. The molecule has 116 valence electrons. The topological polar surface area (TPSA) is 32.8 Å². The van der Waals surface area contributed by atoms with E-state index in [-0.39, 0.29) is 12.0 Å². The maximum atomic E-state index is 12.7. The van der Waals surface area contributed by atoms with Crippen LogP contribution < -0.4 is 0 Å². The lowest BCUT2D eigenvalue weighted by molar-refractivity contribution is 0.0512. The Labute approximate surface area is 131 Å². The van der Waals surface area contributed by atoms with E-state index in [0.29, 0.717) is 23.7 Å². The van der Waals surface area contributed by atoms with Gasteiger partial charge in [0.05, 0.1) is 16.7 Å². The number of hydrogen-bond donors (Lipinski definition) is 0. The maximum Gasteiger partial charge on any atom is 0.255 e. The van der Waals surface area contributed by atoms with Crippen molar-refractivity contribution in [3.05, 3.63) is 34.9 Å². The Balaban J connectivity index is 2.09. The molecule has 1 heterocycles. The second-order valence-electron chi connectivity index (χ2n) is 5.67. The molecule has 1 atom stereocenters. The molecule has 0 aliphatic carbocycles. The fourth-order valence-corrected chi connectivity index (χ4v) is 2.65. The Morgan fingerprint density at radius 1 is 1.33 bits per heavy atom. The molecule has 0 bridgehead atoms. The summed E-state index contributed by atoms with van der Waals surface area (Å²) in [6.45, 7) is 2.93. The molecule has 5 heteroatoms. The number of halogens is 1. The molecule has 2 rings (SSSR count). The largest absolute Gasteiger partial charge is 0.376 e. The van der Waals surface area contributed by atoms with Crippen LogP contribution in [-0.2, 0) is 4.74 Å². The number of likely N-dealkylation sites (N-methyl/N-ethyl adjacent to an activating group) is 1. The molecule has 0 N–H and O–H groups in total. The van der Waals surface area contributed by atoms with Crippen LogP contribution in [0, 0.1) is 0 Å². The minimum absolute atomic E-state index is 0.0158. The minimum atomic E-state index is -0.0158. The molecule has 0 saturated carbocycles. The summed E-state index contributed by atoms with van der Waals surface area (Å²) in [6, 6.07) is 7.21. The van der Waals surface area contributed by atoms with Crippen LogP contribution in [0.25, 0.3) is 0 Å². The summed E-state index contributed by atoms with van der Waals surface area (Å²) in [5.74, 6) is -0.0158. The summed E-state index contributed by atoms with van der Waals surface area (Å²) >= 11 is 6.15. The Hall–Kier alpha value is -1.10. The first-order valence-corrected chi connectivity index (χ1v) is 7.76. The van der Waals surface area contributed by atoms with Crippen LogP contribution in [0.4, 0.5) is 0 Å². The number of carbonyl (C=O) groups is 1. The third kappa shape index (κ3) is 4.70. The van der Waals surface area contributed by atoms with Crippen LogP contribution in [-0.4, -0.2) is 62.1 Å². The second kappa shape index (κ2) is 7.78. The molecule has 1 saturated heterocycles. The van der Waals surface area contributed by atoms with Crippen LogP contribution in [0.2, 0.25) is 5.02 Å². The van der Waals surface area contributed by atoms with Gasteiger partial charge in [-0.1, -0.05) is 23.7 Å². The van der Waals surface area contributed by atoms with Crippen molar-refractivity contribution in [3.8, 4) is 0 Å². The Morgan fingerprint density at radius 3 is 2.71 bits per heavy atom. The first-order chi connectivity index (χ1) is 10.1. The normalized spacial score (nSPS) is 18.2. The van der Waals surface area contributed by atoms with Crippen LogP contribution in [0.3, 0.4) is 0 Å². The molecule has 1 aliphatic heterocycles. The fraction of sp³-hybridized carbons (Fsp3) is 0.562. The van der Waals surface area contributed by atoms with E-state index in [2.05, 4.69) is 4.90 Å². The SMILES string of the molecule is CN(C)CCN(CC1CCCO1)C(=O)c1ccccc1Cl. The van der Waals surface area contributed by atoms with Crippen molar-refractivity contribution < 1.29 is 9.53 Å². The van der Waals surface area contributed by atoms with Crippen molar-refractivity contribution in [3.63, 3.8) is 0 Å². The highest BCUT2D eigenvalue weighted by atomic mass is 35.5. The van der Waals surface area contributed by atoms with E-state index in [1.807, 2.05) is 31.1 Å².